The molecule has 0 unspecified atom stereocenters. The average molecular weight is 397 g/mol. The lowest BCUT2D eigenvalue weighted by Crippen LogP contribution is -2.16. The molecule has 1 saturated carbocycles. The third kappa shape index (κ3) is 2.61. The Labute approximate surface area is 171 Å². The summed E-state index contributed by atoms with van der Waals surface area (Å²) >= 11 is 0. The number of hydrogen-bond acceptors (Lipinski definition) is 4. The number of nitrogens with zero attached hydrogens (tertiary/aromatic N) is 5. The van der Waals surface area contributed by atoms with E-state index in [4.69, 9.17) is 4.98 Å². The number of hydrogen-bond donors (Lipinski definition) is 2. The van der Waals surface area contributed by atoms with Gasteiger partial charge >= 0.3 is 5.69 Å². The number of aromatic nitrogens is 7. The molecular weight excluding hydrogens is 378 g/mol. The Kier molecular flexibility index (Phi) is 3.55. The summed E-state index contributed by atoms with van der Waals surface area (Å²) in [5, 5.41) is 12.3. The van der Waals surface area contributed by atoms with Crippen LogP contribution >= 0.6 is 0 Å². The minimum atomic E-state index is -0.183. The van der Waals surface area contributed by atoms with Crippen molar-refractivity contribution in [1.29, 1.82) is 0 Å². The molecule has 1 aliphatic rings. The summed E-state index contributed by atoms with van der Waals surface area (Å²) < 4.78 is 3.59. The van der Waals surface area contributed by atoms with Gasteiger partial charge in [0.15, 0.2) is 5.82 Å². The molecule has 3 heterocycles. The van der Waals surface area contributed by atoms with E-state index in [-0.39, 0.29) is 11.7 Å². The van der Waals surface area contributed by atoms with Gasteiger partial charge in [0.05, 0.1) is 11.7 Å². The number of H-pyrrole nitrogens is 2. The Bertz CT molecular complexity index is 1430. The molecule has 6 rings (SSSR count). The fourth-order valence-corrected chi connectivity index (χ4v) is 3.94. The minimum Gasteiger partial charge on any atom is -0.335 e. The predicted molar refractivity (Wildman–Crippen MR) is 114 cm³/mol. The van der Waals surface area contributed by atoms with E-state index < -0.39 is 0 Å². The van der Waals surface area contributed by atoms with Gasteiger partial charge in [-0.3, -0.25) is 9.25 Å². The quantitative estimate of drug-likeness (QED) is 0.485. The molecule has 0 bridgehead atoms. The summed E-state index contributed by atoms with van der Waals surface area (Å²) in [6, 6.07) is 16.3. The molecular formula is C22H19N7O. The van der Waals surface area contributed by atoms with Crippen LogP contribution in [-0.2, 0) is 7.05 Å². The van der Waals surface area contributed by atoms with E-state index in [1.165, 1.54) is 0 Å². The molecule has 5 aromatic rings. The summed E-state index contributed by atoms with van der Waals surface area (Å²) in [4.78, 5) is 20.7. The second-order valence-corrected chi connectivity index (χ2v) is 7.67. The van der Waals surface area contributed by atoms with E-state index >= 15 is 0 Å². The molecule has 30 heavy (non-hydrogen) atoms. The second-order valence-electron chi connectivity index (χ2n) is 7.67. The maximum atomic E-state index is 12.4. The molecule has 0 spiro atoms. The number of aromatic amines is 2. The average Bonchev–Trinajstić information content (AvgIpc) is 3.22. The van der Waals surface area contributed by atoms with Gasteiger partial charge in [-0.2, -0.15) is 10.2 Å². The zero-order chi connectivity index (χ0) is 20.2. The minimum absolute atomic E-state index is 0.183. The van der Waals surface area contributed by atoms with Crippen LogP contribution < -0.4 is 5.69 Å². The van der Waals surface area contributed by atoms with Crippen molar-refractivity contribution >= 4 is 10.9 Å². The normalized spacial score (nSPS) is 13.9. The van der Waals surface area contributed by atoms with Crippen LogP contribution in [0.5, 0.6) is 0 Å². The fourth-order valence-electron chi connectivity index (χ4n) is 3.94. The summed E-state index contributed by atoms with van der Waals surface area (Å²) in [5.41, 5.74) is 4.29. The van der Waals surface area contributed by atoms with Crippen LogP contribution in [0.1, 0.15) is 18.9 Å². The first kappa shape index (κ1) is 17.0. The molecule has 0 saturated heterocycles. The summed E-state index contributed by atoms with van der Waals surface area (Å²) in [7, 11) is 1.92. The van der Waals surface area contributed by atoms with Crippen molar-refractivity contribution in [3.8, 4) is 34.2 Å². The van der Waals surface area contributed by atoms with Crippen LogP contribution in [0.25, 0.3) is 45.1 Å². The van der Waals surface area contributed by atoms with Crippen LogP contribution in [0.2, 0.25) is 0 Å². The van der Waals surface area contributed by atoms with E-state index in [1.807, 2.05) is 60.4 Å². The van der Waals surface area contributed by atoms with Gasteiger partial charge in [0.25, 0.3) is 0 Å². The molecule has 8 heteroatoms. The summed E-state index contributed by atoms with van der Waals surface area (Å²) in [6.45, 7) is 0. The monoisotopic (exact) mass is 397 g/mol. The highest BCUT2D eigenvalue weighted by Crippen LogP contribution is 2.39. The largest absolute Gasteiger partial charge is 0.343 e. The van der Waals surface area contributed by atoms with Gasteiger partial charge in [-0.1, -0.05) is 36.4 Å². The lowest BCUT2D eigenvalue weighted by Gasteiger charge is -2.05. The summed E-state index contributed by atoms with van der Waals surface area (Å²) in [6.07, 6.45) is 3.82. The highest BCUT2D eigenvalue weighted by Gasteiger charge is 2.31. The Morgan fingerprint density at radius 1 is 1.07 bits per heavy atom. The highest BCUT2D eigenvalue weighted by atomic mass is 16.1. The third-order valence-corrected chi connectivity index (χ3v) is 5.61. The Morgan fingerprint density at radius 3 is 2.70 bits per heavy atom. The van der Waals surface area contributed by atoms with Crippen molar-refractivity contribution in [3.63, 3.8) is 0 Å². The third-order valence-electron chi connectivity index (χ3n) is 5.61. The molecule has 1 aliphatic carbocycles. The van der Waals surface area contributed by atoms with Gasteiger partial charge in [-0.05, 0) is 25.0 Å². The molecule has 8 nitrogen and oxygen atoms in total. The first-order valence-corrected chi connectivity index (χ1v) is 9.94. The molecule has 2 aromatic carbocycles. The maximum Gasteiger partial charge on any atom is 0.343 e. The molecule has 0 aliphatic heterocycles. The van der Waals surface area contributed by atoms with Gasteiger partial charge in [0, 0.05) is 29.6 Å². The van der Waals surface area contributed by atoms with Gasteiger partial charge in [0.1, 0.15) is 17.2 Å². The van der Waals surface area contributed by atoms with Gasteiger partial charge in [-0.25, -0.2) is 14.9 Å². The Balaban J connectivity index is 1.59. The van der Waals surface area contributed by atoms with Crippen molar-refractivity contribution in [3.05, 3.63) is 65.2 Å². The van der Waals surface area contributed by atoms with Crippen molar-refractivity contribution in [2.24, 2.45) is 7.05 Å². The molecule has 148 valence electrons. The first-order chi connectivity index (χ1) is 14.7. The van der Waals surface area contributed by atoms with Crippen LogP contribution in [-0.4, -0.2) is 34.5 Å². The highest BCUT2D eigenvalue weighted by molar-refractivity contribution is 5.87. The van der Waals surface area contributed by atoms with E-state index in [9.17, 15) is 4.79 Å². The summed E-state index contributed by atoms with van der Waals surface area (Å²) in [5.74, 6) is 1.34. The second kappa shape index (κ2) is 6.28. The molecule has 3 aromatic heterocycles. The standard InChI is InChI=1S/C22H19N7O/c1-28-17-10-7-14(11-15(17)12-23-28)18-19(21-26-27-22(30)29(21)16-8-9-16)25-20(24-18)13-5-3-2-4-6-13/h2-7,10-12,16H,8-9H2,1H3,(H,24,25)(H,27,30). The number of fused-ring (bicyclic) bond motifs is 1. The van der Waals surface area contributed by atoms with E-state index in [2.05, 4.69) is 26.3 Å². The van der Waals surface area contributed by atoms with Crippen molar-refractivity contribution in [1.82, 2.24) is 34.5 Å². The fraction of sp³-hybridized carbons (Fsp3) is 0.182. The zero-order valence-electron chi connectivity index (χ0n) is 16.3. The van der Waals surface area contributed by atoms with E-state index in [1.54, 1.807) is 4.57 Å². The molecule has 2 N–H and O–H groups in total. The smallest absolute Gasteiger partial charge is 0.335 e. The lowest BCUT2D eigenvalue weighted by atomic mass is 10.1. The topological polar surface area (TPSA) is 97.2 Å². The first-order valence-electron chi connectivity index (χ1n) is 9.94. The Morgan fingerprint density at radius 2 is 1.90 bits per heavy atom. The zero-order valence-corrected chi connectivity index (χ0v) is 16.3. The predicted octanol–water partition coefficient (Wildman–Crippen LogP) is 3.52. The number of benzene rings is 2. The van der Waals surface area contributed by atoms with E-state index in [0.717, 1.165) is 52.1 Å². The number of rotatable bonds is 4. The van der Waals surface area contributed by atoms with Crippen molar-refractivity contribution in [2.45, 2.75) is 18.9 Å². The molecule has 0 atom stereocenters. The van der Waals surface area contributed by atoms with E-state index in [0.29, 0.717) is 5.82 Å². The maximum absolute atomic E-state index is 12.4. The number of imidazole rings is 1. The van der Waals surface area contributed by atoms with Gasteiger partial charge < -0.3 is 4.98 Å². The molecule has 1 fully saturated rings. The lowest BCUT2D eigenvalue weighted by molar-refractivity contribution is 0.715. The van der Waals surface area contributed by atoms with Crippen LogP contribution in [0.4, 0.5) is 0 Å². The van der Waals surface area contributed by atoms with Crippen molar-refractivity contribution < 1.29 is 0 Å². The number of nitrogens with one attached hydrogen (secondary N) is 2. The van der Waals surface area contributed by atoms with Crippen LogP contribution in [0.15, 0.2) is 59.5 Å². The Hall–Kier alpha value is -3.94. The van der Waals surface area contributed by atoms with Crippen LogP contribution in [0, 0.1) is 0 Å². The molecule has 0 amide bonds. The van der Waals surface area contributed by atoms with Gasteiger partial charge in [0.2, 0.25) is 0 Å². The SMILES string of the molecule is Cn1ncc2cc(-c3nc(-c4ccccc4)[nH]c3-c3n[nH]c(=O)n3C3CC3)ccc21. The number of aryl methyl sites for hydroxylation is 1. The van der Waals surface area contributed by atoms with Gasteiger partial charge in [-0.15, -0.1) is 0 Å². The van der Waals surface area contributed by atoms with Crippen molar-refractivity contribution in [2.75, 3.05) is 0 Å². The van der Waals surface area contributed by atoms with Crippen LogP contribution in [0.3, 0.4) is 0 Å². The molecule has 0 radical (unpaired) electrons.